The van der Waals surface area contributed by atoms with Crippen molar-refractivity contribution in [2.45, 2.75) is 19.6 Å². The Kier molecular flexibility index (Phi) is 4.19. The second kappa shape index (κ2) is 5.83. The zero-order valence-corrected chi connectivity index (χ0v) is 12.2. The summed E-state index contributed by atoms with van der Waals surface area (Å²) >= 11 is 0. The lowest BCUT2D eigenvalue weighted by Crippen LogP contribution is -2.42. The number of nitrogens with zero attached hydrogens (tertiary/aromatic N) is 1. The maximum absolute atomic E-state index is 13.5. The van der Waals surface area contributed by atoms with Crippen LogP contribution < -0.4 is 5.32 Å². The molecule has 1 N–H and O–H groups in total. The number of nitrogens with one attached hydrogen (secondary N) is 1. The average Bonchev–Trinajstić information content (AvgIpc) is 2.42. The lowest BCUT2D eigenvalue weighted by Gasteiger charge is -2.29. The first kappa shape index (κ1) is 17.2. The molecule has 1 aliphatic heterocycles. The van der Waals surface area contributed by atoms with Gasteiger partial charge in [0.1, 0.15) is 5.69 Å². The van der Waals surface area contributed by atoms with Crippen molar-refractivity contribution in [2.24, 2.45) is 0 Å². The Morgan fingerprint density at radius 3 is 2.21 bits per heavy atom. The predicted molar refractivity (Wildman–Crippen MR) is 70.9 cm³/mol. The molecule has 2 rings (SSSR count). The van der Waals surface area contributed by atoms with Gasteiger partial charge in [0.15, 0.2) is 11.4 Å². The second-order valence-corrected chi connectivity index (χ2v) is 5.02. The zero-order valence-electron chi connectivity index (χ0n) is 12.2. The van der Waals surface area contributed by atoms with Crippen molar-refractivity contribution >= 4 is 23.3 Å². The smallest absolute Gasteiger partial charge is 0.350 e. The van der Waals surface area contributed by atoms with Gasteiger partial charge in [0, 0.05) is 26.1 Å². The number of hydrogen-bond donors (Lipinski definition) is 1. The lowest BCUT2D eigenvalue weighted by atomic mass is 10.2. The minimum atomic E-state index is -2.03. The van der Waals surface area contributed by atoms with E-state index in [0.717, 1.165) is 0 Å². The van der Waals surface area contributed by atoms with Gasteiger partial charge in [-0.1, -0.05) is 0 Å². The molecule has 0 aliphatic carbocycles. The van der Waals surface area contributed by atoms with Gasteiger partial charge in [-0.25, -0.2) is 18.4 Å². The van der Waals surface area contributed by atoms with E-state index in [1.807, 2.05) is 5.32 Å². The molecule has 0 unspecified atom stereocenters. The zero-order chi connectivity index (χ0) is 18.2. The average molecular weight is 346 g/mol. The molecule has 1 fully saturated rings. The molecule has 24 heavy (non-hydrogen) atoms. The maximum atomic E-state index is 13.5. The van der Waals surface area contributed by atoms with Crippen LogP contribution in [0.25, 0.3) is 0 Å². The number of carbonyl (C=O) groups is 2. The molecule has 1 saturated heterocycles. The summed E-state index contributed by atoms with van der Waals surface area (Å²) in [6.45, 7) is 2.59. The summed E-state index contributed by atoms with van der Waals surface area (Å²) in [5.41, 5.74) is -2.91. The number of cyclic esters (lactones) is 2. The highest BCUT2D eigenvalue weighted by Gasteiger charge is 2.39. The molecule has 1 aliphatic rings. The van der Waals surface area contributed by atoms with Gasteiger partial charge < -0.3 is 14.8 Å². The Labute approximate surface area is 132 Å². The number of benzene rings is 1. The molecule has 8 nitrogen and oxygen atoms in total. The Morgan fingerprint density at radius 1 is 1.17 bits per heavy atom. The molecule has 0 amide bonds. The van der Waals surface area contributed by atoms with Crippen molar-refractivity contribution in [1.29, 1.82) is 0 Å². The van der Waals surface area contributed by atoms with Crippen LogP contribution in [0.3, 0.4) is 0 Å². The molecule has 0 spiro atoms. The van der Waals surface area contributed by atoms with Crippen LogP contribution in [0.4, 0.5) is 24.5 Å². The van der Waals surface area contributed by atoms with E-state index in [-0.39, 0.29) is 0 Å². The van der Waals surface area contributed by atoms with Crippen LogP contribution in [0.15, 0.2) is 17.8 Å². The topological polar surface area (TPSA) is 108 Å². The number of rotatable bonds is 3. The number of esters is 2. The van der Waals surface area contributed by atoms with E-state index < -0.39 is 57.0 Å². The largest absolute Gasteiger partial charge is 0.419 e. The van der Waals surface area contributed by atoms with E-state index in [1.165, 1.54) is 13.8 Å². The minimum Gasteiger partial charge on any atom is -0.419 e. The van der Waals surface area contributed by atoms with Gasteiger partial charge in [-0.3, -0.25) is 10.1 Å². The molecule has 0 radical (unpaired) electrons. The lowest BCUT2D eigenvalue weighted by molar-refractivity contribution is -0.386. The van der Waals surface area contributed by atoms with Crippen LogP contribution in [-0.4, -0.2) is 22.6 Å². The summed E-state index contributed by atoms with van der Waals surface area (Å²) in [5.74, 6) is -9.50. The van der Waals surface area contributed by atoms with E-state index in [1.54, 1.807) is 0 Å². The van der Waals surface area contributed by atoms with Gasteiger partial charge in [-0.05, 0) is 0 Å². The van der Waals surface area contributed by atoms with Crippen molar-refractivity contribution in [1.82, 2.24) is 0 Å². The number of carbonyl (C=O) groups excluding carboxylic acids is 2. The molecule has 0 bridgehead atoms. The second-order valence-electron chi connectivity index (χ2n) is 5.02. The summed E-state index contributed by atoms with van der Waals surface area (Å²) in [6, 6.07) is 0.303. The molecule has 1 aromatic rings. The number of ether oxygens (including phenoxy) is 2. The summed E-state index contributed by atoms with van der Waals surface area (Å²) in [5, 5.41) is 12.8. The van der Waals surface area contributed by atoms with E-state index >= 15 is 0 Å². The summed E-state index contributed by atoms with van der Waals surface area (Å²) in [7, 11) is 0. The minimum absolute atomic E-state index is 0.303. The van der Waals surface area contributed by atoms with Crippen LogP contribution in [0.1, 0.15) is 13.8 Å². The van der Waals surface area contributed by atoms with Gasteiger partial charge >= 0.3 is 17.6 Å². The SMILES string of the molecule is CC1(C)OC(=O)C(=CNc2cc(F)c(F)c(F)c2[N+](=O)[O-])C(=O)O1. The van der Waals surface area contributed by atoms with Crippen LogP contribution in [-0.2, 0) is 19.1 Å². The van der Waals surface area contributed by atoms with Crippen molar-refractivity contribution in [3.63, 3.8) is 0 Å². The van der Waals surface area contributed by atoms with Crippen molar-refractivity contribution < 1.29 is 37.2 Å². The maximum Gasteiger partial charge on any atom is 0.350 e. The summed E-state index contributed by atoms with van der Waals surface area (Å²) < 4.78 is 49.3. The van der Waals surface area contributed by atoms with Crippen LogP contribution in [0, 0.1) is 27.6 Å². The van der Waals surface area contributed by atoms with Crippen LogP contribution in [0.5, 0.6) is 0 Å². The highest BCUT2D eigenvalue weighted by Crippen LogP contribution is 2.32. The normalized spacial score (nSPS) is 16.3. The molecular weight excluding hydrogens is 337 g/mol. The number of nitro benzene ring substituents is 1. The van der Waals surface area contributed by atoms with Crippen molar-refractivity contribution in [2.75, 3.05) is 5.32 Å². The first-order valence-electron chi connectivity index (χ1n) is 6.29. The van der Waals surface area contributed by atoms with E-state index in [4.69, 9.17) is 9.47 Å². The fourth-order valence-corrected chi connectivity index (χ4v) is 1.80. The number of nitro groups is 1. The molecule has 0 atom stereocenters. The fraction of sp³-hybridized carbons (Fsp3) is 0.231. The van der Waals surface area contributed by atoms with Gasteiger partial charge in [0.2, 0.25) is 11.6 Å². The number of hydrogen-bond acceptors (Lipinski definition) is 7. The van der Waals surface area contributed by atoms with Crippen molar-refractivity contribution in [3.8, 4) is 0 Å². The standard InChI is InChI=1S/C13H9F3N2O6/c1-13(2)23-11(19)5(12(20)24-13)4-17-7-3-6(14)8(15)9(16)10(7)18(21)22/h3-4,17H,1-2H3. The quantitative estimate of drug-likeness (QED) is 0.223. The van der Waals surface area contributed by atoms with Gasteiger partial charge in [-0.2, -0.15) is 4.39 Å². The Balaban J connectivity index is 2.40. The molecule has 0 aromatic heterocycles. The molecular formula is C13H9F3N2O6. The molecule has 1 aromatic carbocycles. The first-order valence-corrected chi connectivity index (χ1v) is 6.29. The van der Waals surface area contributed by atoms with E-state index in [9.17, 15) is 32.9 Å². The fourth-order valence-electron chi connectivity index (χ4n) is 1.80. The summed E-state index contributed by atoms with van der Waals surface area (Å²) in [4.78, 5) is 32.9. The van der Waals surface area contributed by atoms with Gasteiger partial charge in [0.05, 0.1) is 4.92 Å². The number of anilines is 1. The third-order valence-electron chi connectivity index (χ3n) is 2.81. The summed E-state index contributed by atoms with van der Waals surface area (Å²) in [6.07, 6.45) is 0.610. The third-order valence-corrected chi connectivity index (χ3v) is 2.81. The molecule has 11 heteroatoms. The Hall–Kier alpha value is -3.11. The van der Waals surface area contributed by atoms with E-state index in [0.29, 0.717) is 12.3 Å². The van der Waals surface area contributed by atoms with Gasteiger partial charge in [0.25, 0.3) is 5.79 Å². The molecule has 1 heterocycles. The Morgan fingerprint density at radius 2 is 1.71 bits per heavy atom. The molecule has 128 valence electrons. The molecule has 0 saturated carbocycles. The van der Waals surface area contributed by atoms with Crippen LogP contribution in [0.2, 0.25) is 0 Å². The highest BCUT2D eigenvalue weighted by atomic mass is 19.2. The predicted octanol–water partition coefficient (Wildman–Crippen LogP) is 2.14. The monoisotopic (exact) mass is 346 g/mol. The Bertz CT molecular complexity index is 768. The van der Waals surface area contributed by atoms with Crippen LogP contribution >= 0.6 is 0 Å². The van der Waals surface area contributed by atoms with Crippen molar-refractivity contribution in [3.05, 3.63) is 45.4 Å². The first-order chi connectivity index (χ1) is 11.0. The van der Waals surface area contributed by atoms with Gasteiger partial charge in [-0.15, -0.1) is 0 Å². The highest BCUT2D eigenvalue weighted by molar-refractivity contribution is 6.15. The number of halogens is 3. The van der Waals surface area contributed by atoms with E-state index in [2.05, 4.69) is 0 Å². The third kappa shape index (κ3) is 3.14.